The molecule has 0 unspecified atom stereocenters. The zero-order valence-electron chi connectivity index (χ0n) is 14.3. The van der Waals surface area contributed by atoms with E-state index in [-0.39, 0.29) is 11.3 Å². The Kier molecular flexibility index (Phi) is 4.40. The molecule has 0 saturated heterocycles. The average Bonchev–Trinajstić information content (AvgIpc) is 2.69. The lowest BCUT2D eigenvalue weighted by Crippen LogP contribution is -2.23. The molecule has 1 heterocycles. The van der Waals surface area contributed by atoms with E-state index in [1.54, 1.807) is 0 Å². The van der Waals surface area contributed by atoms with Gasteiger partial charge in [0.15, 0.2) is 0 Å². The van der Waals surface area contributed by atoms with E-state index in [1.807, 2.05) is 49.8 Å². The minimum atomic E-state index is -0.0527. The molecule has 1 aromatic carbocycles. The molecule has 22 heavy (non-hydrogen) atoms. The lowest BCUT2D eigenvalue weighted by Gasteiger charge is -2.19. The summed E-state index contributed by atoms with van der Waals surface area (Å²) in [5, 5.41) is 7.34. The summed E-state index contributed by atoms with van der Waals surface area (Å²) in [6.45, 7) is 11.0. The molecular formula is C18H25N3O. The lowest BCUT2D eigenvalue weighted by molar-refractivity contribution is 0.0951. The summed E-state index contributed by atoms with van der Waals surface area (Å²) in [6, 6.07) is 7.82. The van der Waals surface area contributed by atoms with Crippen molar-refractivity contribution in [2.45, 2.75) is 46.6 Å². The van der Waals surface area contributed by atoms with Gasteiger partial charge in [-0.15, -0.1) is 0 Å². The SMILES string of the molecule is Cc1nn(C)c(C)c1CNC(=O)c1ccc(C(C)(C)C)cc1. The monoisotopic (exact) mass is 299 g/mol. The molecule has 118 valence electrons. The van der Waals surface area contributed by atoms with E-state index >= 15 is 0 Å². The Bertz CT molecular complexity index is 676. The van der Waals surface area contributed by atoms with Crippen LogP contribution >= 0.6 is 0 Å². The normalized spacial score (nSPS) is 11.5. The maximum absolute atomic E-state index is 12.3. The van der Waals surface area contributed by atoms with Crippen LogP contribution in [0.2, 0.25) is 0 Å². The van der Waals surface area contributed by atoms with Crippen molar-refractivity contribution >= 4 is 5.91 Å². The number of hydrogen-bond acceptors (Lipinski definition) is 2. The second-order valence-electron chi connectivity index (χ2n) is 6.78. The number of nitrogens with zero attached hydrogens (tertiary/aromatic N) is 2. The van der Waals surface area contributed by atoms with Crippen LogP contribution < -0.4 is 5.32 Å². The van der Waals surface area contributed by atoms with E-state index in [4.69, 9.17) is 0 Å². The molecule has 0 spiro atoms. The number of rotatable bonds is 3. The van der Waals surface area contributed by atoms with Crippen LogP contribution in [0.25, 0.3) is 0 Å². The molecule has 0 atom stereocenters. The zero-order valence-corrected chi connectivity index (χ0v) is 14.3. The summed E-state index contributed by atoms with van der Waals surface area (Å²) in [5.74, 6) is -0.0527. The van der Waals surface area contributed by atoms with Crippen molar-refractivity contribution in [2.75, 3.05) is 0 Å². The maximum Gasteiger partial charge on any atom is 0.251 e. The highest BCUT2D eigenvalue weighted by atomic mass is 16.1. The summed E-state index contributed by atoms with van der Waals surface area (Å²) in [6.07, 6.45) is 0. The first-order valence-electron chi connectivity index (χ1n) is 7.58. The quantitative estimate of drug-likeness (QED) is 0.945. The fourth-order valence-corrected chi connectivity index (χ4v) is 2.47. The summed E-state index contributed by atoms with van der Waals surface area (Å²) in [7, 11) is 1.92. The Morgan fingerprint density at radius 2 is 1.77 bits per heavy atom. The van der Waals surface area contributed by atoms with Crippen molar-refractivity contribution in [1.29, 1.82) is 0 Å². The first-order chi connectivity index (χ1) is 10.2. The van der Waals surface area contributed by atoms with Crippen molar-refractivity contribution in [3.8, 4) is 0 Å². The number of hydrogen-bond donors (Lipinski definition) is 1. The van der Waals surface area contributed by atoms with E-state index in [0.29, 0.717) is 12.1 Å². The van der Waals surface area contributed by atoms with E-state index in [0.717, 1.165) is 17.0 Å². The molecule has 0 radical (unpaired) electrons. The minimum Gasteiger partial charge on any atom is -0.348 e. The van der Waals surface area contributed by atoms with Crippen LogP contribution in [0.1, 0.15) is 53.6 Å². The van der Waals surface area contributed by atoms with Gasteiger partial charge in [0.2, 0.25) is 0 Å². The predicted molar refractivity (Wildman–Crippen MR) is 89.0 cm³/mol. The molecule has 1 N–H and O–H groups in total. The van der Waals surface area contributed by atoms with E-state index < -0.39 is 0 Å². The largest absolute Gasteiger partial charge is 0.348 e. The average molecular weight is 299 g/mol. The molecular weight excluding hydrogens is 274 g/mol. The van der Waals surface area contributed by atoms with E-state index in [2.05, 4.69) is 31.2 Å². The van der Waals surface area contributed by atoms with Gasteiger partial charge in [-0.05, 0) is 37.0 Å². The van der Waals surface area contributed by atoms with Crippen molar-refractivity contribution in [2.24, 2.45) is 7.05 Å². The van der Waals surface area contributed by atoms with Crippen LogP contribution in [0.4, 0.5) is 0 Å². The summed E-state index contributed by atoms with van der Waals surface area (Å²) in [4.78, 5) is 12.3. The van der Waals surface area contributed by atoms with Gasteiger partial charge < -0.3 is 5.32 Å². The second kappa shape index (κ2) is 5.95. The van der Waals surface area contributed by atoms with Crippen LogP contribution in [0.15, 0.2) is 24.3 Å². The third-order valence-corrected chi connectivity index (χ3v) is 4.10. The molecule has 0 bridgehead atoms. The Labute approximate surface area is 132 Å². The van der Waals surface area contributed by atoms with Crippen molar-refractivity contribution in [3.63, 3.8) is 0 Å². The van der Waals surface area contributed by atoms with E-state index in [1.165, 1.54) is 5.56 Å². The van der Waals surface area contributed by atoms with Gasteiger partial charge in [0.1, 0.15) is 0 Å². The van der Waals surface area contributed by atoms with Crippen molar-refractivity contribution < 1.29 is 4.79 Å². The summed E-state index contributed by atoms with van der Waals surface area (Å²) >= 11 is 0. The number of amides is 1. The Morgan fingerprint density at radius 3 is 2.23 bits per heavy atom. The second-order valence-corrected chi connectivity index (χ2v) is 6.78. The van der Waals surface area contributed by atoms with Crippen LogP contribution in [-0.4, -0.2) is 15.7 Å². The topological polar surface area (TPSA) is 46.9 Å². The van der Waals surface area contributed by atoms with Gasteiger partial charge in [0, 0.05) is 30.4 Å². The molecule has 0 aliphatic carbocycles. The lowest BCUT2D eigenvalue weighted by atomic mass is 9.87. The predicted octanol–water partition coefficient (Wildman–Crippen LogP) is 3.26. The van der Waals surface area contributed by atoms with Crippen LogP contribution in [0.3, 0.4) is 0 Å². The molecule has 0 saturated carbocycles. The van der Waals surface area contributed by atoms with Crippen LogP contribution in [0, 0.1) is 13.8 Å². The molecule has 0 fully saturated rings. The Hall–Kier alpha value is -2.10. The number of carbonyl (C=O) groups is 1. The van der Waals surface area contributed by atoms with Crippen LogP contribution in [0.5, 0.6) is 0 Å². The molecule has 0 aliphatic rings. The van der Waals surface area contributed by atoms with Gasteiger partial charge in [-0.2, -0.15) is 5.10 Å². The number of nitrogens with one attached hydrogen (secondary N) is 1. The highest BCUT2D eigenvalue weighted by Crippen LogP contribution is 2.22. The Morgan fingerprint density at radius 1 is 1.18 bits per heavy atom. The molecule has 0 aliphatic heterocycles. The number of aromatic nitrogens is 2. The molecule has 2 rings (SSSR count). The molecule has 1 aromatic heterocycles. The standard InChI is InChI=1S/C18H25N3O/c1-12-16(13(2)21(6)20-12)11-19-17(22)14-7-9-15(10-8-14)18(3,4)5/h7-10H,11H2,1-6H3,(H,19,22). The summed E-state index contributed by atoms with van der Waals surface area (Å²) < 4.78 is 1.84. The van der Waals surface area contributed by atoms with Gasteiger partial charge in [-0.25, -0.2) is 0 Å². The third kappa shape index (κ3) is 3.38. The first-order valence-corrected chi connectivity index (χ1v) is 7.58. The van der Waals surface area contributed by atoms with Crippen LogP contribution in [-0.2, 0) is 19.0 Å². The van der Waals surface area contributed by atoms with Gasteiger partial charge >= 0.3 is 0 Å². The van der Waals surface area contributed by atoms with Gasteiger partial charge in [0.05, 0.1) is 5.69 Å². The maximum atomic E-state index is 12.3. The molecule has 4 nitrogen and oxygen atoms in total. The van der Waals surface area contributed by atoms with Gasteiger partial charge in [0.25, 0.3) is 5.91 Å². The van der Waals surface area contributed by atoms with Gasteiger partial charge in [-0.3, -0.25) is 9.48 Å². The smallest absolute Gasteiger partial charge is 0.251 e. The first kappa shape index (κ1) is 16.3. The Balaban J connectivity index is 2.06. The number of benzene rings is 1. The zero-order chi connectivity index (χ0) is 16.5. The highest BCUT2D eigenvalue weighted by molar-refractivity contribution is 5.94. The molecule has 2 aromatic rings. The summed E-state index contributed by atoms with van der Waals surface area (Å²) in [5.41, 5.74) is 5.14. The fraction of sp³-hybridized carbons (Fsp3) is 0.444. The van der Waals surface area contributed by atoms with Gasteiger partial charge in [-0.1, -0.05) is 32.9 Å². The number of carbonyl (C=O) groups excluding carboxylic acids is 1. The fourth-order valence-electron chi connectivity index (χ4n) is 2.47. The van der Waals surface area contributed by atoms with Crippen molar-refractivity contribution in [3.05, 3.63) is 52.3 Å². The third-order valence-electron chi connectivity index (χ3n) is 4.10. The number of aryl methyl sites for hydroxylation is 2. The van der Waals surface area contributed by atoms with Crippen molar-refractivity contribution in [1.82, 2.24) is 15.1 Å². The highest BCUT2D eigenvalue weighted by Gasteiger charge is 2.15. The molecule has 1 amide bonds. The van der Waals surface area contributed by atoms with E-state index in [9.17, 15) is 4.79 Å². The minimum absolute atomic E-state index is 0.0527. The molecule has 4 heteroatoms.